The molecule has 0 saturated carbocycles. The zero-order valence-electron chi connectivity index (χ0n) is 16.1. The fraction of sp³-hybridized carbons (Fsp3) is 0.647. The molecular weight excluding hydrogens is 390 g/mol. The first kappa shape index (κ1) is 21.6. The lowest BCUT2D eigenvalue weighted by Gasteiger charge is -2.34. The summed E-state index contributed by atoms with van der Waals surface area (Å²) in [6.07, 6.45) is 1.43. The van der Waals surface area contributed by atoms with Gasteiger partial charge in [0.2, 0.25) is 10.0 Å². The predicted octanol–water partition coefficient (Wildman–Crippen LogP) is 2.03. The number of carbonyl (C=O) groups excluding carboxylic acids is 2. The highest BCUT2D eigenvalue weighted by atomic mass is 32.2. The van der Waals surface area contributed by atoms with Gasteiger partial charge in [-0.25, -0.2) is 22.7 Å². The first-order valence-electron chi connectivity index (χ1n) is 8.76. The van der Waals surface area contributed by atoms with Crippen molar-refractivity contribution in [3.8, 4) is 0 Å². The molecule has 0 radical (unpaired) electrons. The van der Waals surface area contributed by atoms with Crippen LogP contribution in [0.1, 0.15) is 43.3 Å². The Kier molecular flexibility index (Phi) is 6.87. The first-order chi connectivity index (χ1) is 12.5. The van der Waals surface area contributed by atoms with Gasteiger partial charge >= 0.3 is 12.0 Å². The smallest absolute Gasteiger partial charge is 0.349 e. The lowest BCUT2D eigenvalue weighted by Crippen LogP contribution is -2.51. The van der Waals surface area contributed by atoms with Crippen LogP contribution in [0.25, 0.3) is 0 Å². The normalized spacial score (nSPS) is 16.2. The number of hydrogen-bond acceptors (Lipinski definition) is 6. The lowest BCUT2D eigenvalue weighted by atomic mass is 9.97. The van der Waals surface area contributed by atoms with E-state index in [-0.39, 0.29) is 33.8 Å². The molecule has 0 spiro atoms. The van der Waals surface area contributed by atoms with Crippen molar-refractivity contribution in [2.24, 2.45) is 5.92 Å². The van der Waals surface area contributed by atoms with E-state index in [0.717, 1.165) is 11.3 Å². The van der Waals surface area contributed by atoms with Crippen molar-refractivity contribution in [3.05, 3.63) is 16.3 Å². The number of nitrogens with zero attached hydrogens (tertiary/aromatic N) is 1. The monoisotopic (exact) mass is 417 g/mol. The van der Waals surface area contributed by atoms with Crippen molar-refractivity contribution < 1.29 is 22.7 Å². The van der Waals surface area contributed by atoms with Crippen molar-refractivity contribution in [2.45, 2.75) is 44.0 Å². The molecule has 0 aromatic carbocycles. The second-order valence-corrected chi connectivity index (χ2v) is 10.2. The van der Waals surface area contributed by atoms with E-state index < -0.39 is 16.0 Å². The maximum atomic E-state index is 12.5. The topological polar surface area (TPSA) is 105 Å². The first-order valence-corrected chi connectivity index (χ1v) is 11.1. The minimum Gasteiger partial charge on any atom is -0.465 e. The average molecular weight is 418 g/mol. The molecule has 1 fully saturated rings. The lowest BCUT2D eigenvalue weighted by molar-refractivity contribution is 0.0602. The maximum absolute atomic E-state index is 12.5. The number of thiophene rings is 1. The van der Waals surface area contributed by atoms with Crippen molar-refractivity contribution in [1.82, 2.24) is 14.9 Å². The quantitative estimate of drug-likeness (QED) is 0.714. The van der Waals surface area contributed by atoms with Gasteiger partial charge in [0.15, 0.2) is 0 Å². The molecule has 0 aliphatic carbocycles. The average Bonchev–Trinajstić information content (AvgIpc) is 3.09. The van der Waals surface area contributed by atoms with Gasteiger partial charge < -0.3 is 15.0 Å². The third-order valence-electron chi connectivity index (χ3n) is 4.24. The summed E-state index contributed by atoms with van der Waals surface area (Å²) < 4.78 is 32.3. The summed E-state index contributed by atoms with van der Waals surface area (Å²) >= 11 is 1.03. The summed E-state index contributed by atoms with van der Waals surface area (Å²) in [5.41, 5.74) is -0.290. The molecule has 2 amide bonds. The highest BCUT2D eigenvalue weighted by Crippen LogP contribution is 2.23. The molecule has 0 atom stereocenters. The number of nitrogens with one attached hydrogen (secondary N) is 2. The Bertz CT molecular complexity index is 775. The largest absolute Gasteiger partial charge is 0.465 e. The molecule has 152 valence electrons. The SMILES string of the molecule is COC(=O)c1sccc1S(=O)(=O)NCC1CCN(C(=O)NC(C)(C)C)CC1. The number of rotatable bonds is 5. The number of amides is 2. The van der Waals surface area contributed by atoms with Crippen LogP contribution >= 0.6 is 11.3 Å². The van der Waals surface area contributed by atoms with E-state index in [2.05, 4.69) is 14.8 Å². The molecule has 27 heavy (non-hydrogen) atoms. The minimum atomic E-state index is -3.79. The van der Waals surface area contributed by atoms with Gasteiger partial charge in [-0.1, -0.05) is 0 Å². The van der Waals surface area contributed by atoms with Crippen LogP contribution in [0.3, 0.4) is 0 Å². The zero-order valence-corrected chi connectivity index (χ0v) is 17.7. The van der Waals surface area contributed by atoms with Crippen LogP contribution < -0.4 is 10.0 Å². The van der Waals surface area contributed by atoms with E-state index in [1.165, 1.54) is 13.2 Å². The van der Waals surface area contributed by atoms with Gasteiger partial charge in [0, 0.05) is 25.2 Å². The van der Waals surface area contributed by atoms with Crippen molar-refractivity contribution in [3.63, 3.8) is 0 Å². The standard InChI is InChI=1S/C17H27N3O5S2/c1-17(2,3)19-16(22)20-8-5-12(6-9-20)11-18-27(23,24)13-7-10-26-14(13)15(21)25-4/h7,10,12,18H,5-6,8-9,11H2,1-4H3,(H,19,22). The van der Waals surface area contributed by atoms with Crippen molar-refractivity contribution in [1.29, 1.82) is 0 Å². The Hall–Kier alpha value is -1.65. The van der Waals surface area contributed by atoms with E-state index in [0.29, 0.717) is 25.9 Å². The number of piperidine rings is 1. The number of sulfonamides is 1. The van der Waals surface area contributed by atoms with E-state index in [1.807, 2.05) is 20.8 Å². The number of ether oxygens (including phenoxy) is 1. The van der Waals surface area contributed by atoms with Gasteiger partial charge in [0.25, 0.3) is 0 Å². The van der Waals surface area contributed by atoms with Gasteiger partial charge in [-0.3, -0.25) is 0 Å². The van der Waals surface area contributed by atoms with Gasteiger partial charge in [0.05, 0.1) is 7.11 Å². The number of hydrogen-bond donors (Lipinski definition) is 2. The molecule has 1 aliphatic heterocycles. The number of esters is 1. The minimum absolute atomic E-state index is 0.0543. The molecule has 2 N–H and O–H groups in total. The summed E-state index contributed by atoms with van der Waals surface area (Å²) in [5.74, 6) is -0.526. The number of urea groups is 1. The van der Waals surface area contributed by atoms with E-state index in [1.54, 1.807) is 10.3 Å². The van der Waals surface area contributed by atoms with E-state index >= 15 is 0 Å². The molecule has 2 heterocycles. The van der Waals surface area contributed by atoms with Crippen LogP contribution in [-0.2, 0) is 14.8 Å². The van der Waals surface area contributed by atoms with Gasteiger partial charge in [-0.05, 0) is 51.0 Å². The third kappa shape index (κ3) is 5.91. The van der Waals surface area contributed by atoms with Crippen LogP contribution in [-0.4, -0.2) is 57.6 Å². The summed E-state index contributed by atoms with van der Waals surface area (Å²) in [7, 11) is -2.57. The maximum Gasteiger partial charge on any atom is 0.349 e. The number of carbonyl (C=O) groups is 2. The number of methoxy groups -OCH3 is 1. The third-order valence-corrected chi connectivity index (χ3v) is 6.72. The molecule has 0 unspecified atom stereocenters. The summed E-state index contributed by atoms with van der Waals surface area (Å²) in [4.78, 5) is 25.7. The van der Waals surface area contributed by atoms with Crippen molar-refractivity contribution in [2.75, 3.05) is 26.7 Å². The highest BCUT2D eigenvalue weighted by Gasteiger charge is 2.28. The molecule has 1 aliphatic rings. The van der Waals surface area contributed by atoms with Crippen LogP contribution in [0.15, 0.2) is 16.3 Å². The summed E-state index contributed by atoms with van der Waals surface area (Å²) in [6.45, 7) is 7.23. The fourth-order valence-electron chi connectivity index (χ4n) is 2.80. The van der Waals surface area contributed by atoms with Crippen LogP contribution in [0, 0.1) is 5.92 Å². The summed E-state index contributed by atoms with van der Waals surface area (Å²) in [5, 5.41) is 4.48. The summed E-state index contributed by atoms with van der Waals surface area (Å²) in [6, 6.07) is 1.31. The molecule has 1 aromatic heterocycles. The molecule has 2 rings (SSSR count). The second kappa shape index (κ2) is 8.57. The van der Waals surface area contributed by atoms with Crippen LogP contribution in [0.2, 0.25) is 0 Å². The van der Waals surface area contributed by atoms with E-state index in [9.17, 15) is 18.0 Å². The van der Waals surface area contributed by atoms with Crippen LogP contribution in [0.4, 0.5) is 4.79 Å². The van der Waals surface area contributed by atoms with E-state index in [4.69, 9.17) is 0 Å². The Balaban J connectivity index is 1.89. The second-order valence-electron chi connectivity index (χ2n) is 7.57. The van der Waals surface area contributed by atoms with Crippen molar-refractivity contribution >= 4 is 33.4 Å². The molecule has 10 heteroatoms. The Labute approximate surface area is 164 Å². The molecule has 1 saturated heterocycles. The number of likely N-dealkylation sites (tertiary alicyclic amines) is 1. The molecule has 8 nitrogen and oxygen atoms in total. The Morgan fingerprint density at radius 2 is 1.93 bits per heavy atom. The zero-order chi connectivity index (χ0) is 20.2. The Morgan fingerprint density at radius 3 is 2.48 bits per heavy atom. The molecule has 0 bridgehead atoms. The molecular formula is C17H27N3O5S2. The van der Waals surface area contributed by atoms with Gasteiger partial charge in [0.1, 0.15) is 9.77 Å². The predicted molar refractivity (Wildman–Crippen MR) is 103 cm³/mol. The van der Waals surface area contributed by atoms with Gasteiger partial charge in [-0.2, -0.15) is 0 Å². The fourth-order valence-corrected chi connectivity index (χ4v) is 5.24. The van der Waals surface area contributed by atoms with Gasteiger partial charge in [-0.15, -0.1) is 11.3 Å². The van der Waals surface area contributed by atoms with Crippen LogP contribution in [0.5, 0.6) is 0 Å². The highest BCUT2D eigenvalue weighted by molar-refractivity contribution is 7.89. The Morgan fingerprint density at radius 1 is 1.30 bits per heavy atom. The molecule has 1 aromatic rings.